The molecule has 25 heavy (non-hydrogen) atoms. The van der Waals surface area contributed by atoms with Crippen LogP contribution in [0.4, 0.5) is 11.6 Å². The molecule has 1 saturated heterocycles. The zero-order chi connectivity index (χ0) is 17.6. The maximum absolute atomic E-state index is 4.84. The van der Waals surface area contributed by atoms with Gasteiger partial charge >= 0.3 is 0 Å². The highest BCUT2D eigenvalue weighted by atomic mass is 15.3. The summed E-state index contributed by atoms with van der Waals surface area (Å²) in [7, 11) is 6.32. The van der Waals surface area contributed by atoms with Crippen molar-refractivity contribution in [1.29, 1.82) is 0 Å². The third-order valence-corrected chi connectivity index (χ3v) is 4.44. The lowest BCUT2D eigenvalue weighted by atomic mass is 10.2. The maximum Gasteiger partial charge on any atom is 0.163 e. The van der Waals surface area contributed by atoms with Gasteiger partial charge in [-0.15, -0.1) is 0 Å². The smallest absolute Gasteiger partial charge is 0.163 e. The number of hydrogen-bond donors (Lipinski definition) is 1. The van der Waals surface area contributed by atoms with Crippen molar-refractivity contribution in [3.63, 3.8) is 0 Å². The van der Waals surface area contributed by atoms with E-state index < -0.39 is 0 Å². The normalized spacial score (nSPS) is 15.6. The SMILES string of the molecule is CN(C)CCNc1cc(N2CCN(C)CC2)nc(-c2ccccc2)n1. The first-order chi connectivity index (χ1) is 12.1. The second kappa shape index (κ2) is 8.27. The molecule has 0 spiro atoms. The second-order valence-corrected chi connectivity index (χ2v) is 6.82. The fourth-order valence-corrected chi connectivity index (χ4v) is 2.85. The Kier molecular flexibility index (Phi) is 5.83. The first-order valence-corrected chi connectivity index (χ1v) is 8.88. The van der Waals surface area contributed by atoms with E-state index in [1.165, 1.54) is 0 Å². The molecule has 0 amide bonds. The van der Waals surface area contributed by atoms with Gasteiger partial charge in [0.05, 0.1) is 0 Å². The van der Waals surface area contributed by atoms with E-state index in [9.17, 15) is 0 Å². The number of nitrogens with one attached hydrogen (secondary N) is 1. The van der Waals surface area contributed by atoms with Gasteiger partial charge in [-0.1, -0.05) is 30.3 Å². The van der Waals surface area contributed by atoms with Gasteiger partial charge in [-0.25, -0.2) is 9.97 Å². The molecule has 0 radical (unpaired) electrons. The van der Waals surface area contributed by atoms with Crippen molar-refractivity contribution in [1.82, 2.24) is 19.8 Å². The molecule has 134 valence electrons. The van der Waals surface area contributed by atoms with Gasteiger partial charge in [-0.05, 0) is 21.1 Å². The molecule has 0 unspecified atom stereocenters. The number of anilines is 2. The Hall–Kier alpha value is -2.18. The molecule has 2 heterocycles. The molecule has 6 heteroatoms. The summed E-state index contributed by atoms with van der Waals surface area (Å²) in [5.74, 6) is 2.68. The van der Waals surface area contributed by atoms with Gasteiger partial charge in [0, 0.05) is 50.9 Å². The van der Waals surface area contributed by atoms with Crippen molar-refractivity contribution < 1.29 is 0 Å². The largest absolute Gasteiger partial charge is 0.369 e. The molecular formula is C19H28N6. The second-order valence-electron chi connectivity index (χ2n) is 6.82. The number of nitrogens with zero attached hydrogens (tertiary/aromatic N) is 5. The zero-order valence-corrected chi connectivity index (χ0v) is 15.4. The Balaban J connectivity index is 1.85. The Morgan fingerprint density at radius 1 is 1.04 bits per heavy atom. The van der Waals surface area contributed by atoms with Gasteiger partial charge in [0.15, 0.2) is 5.82 Å². The first-order valence-electron chi connectivity index (χ1n) is 8.88. The van der Waals surface area contributed by atoms with Crippen LogP contribution in [0.3, 0.4) is 0 Å². The molecule has 0 aliphatic carbocycles. The van der Waals surface area contributed by atoms with Crippen LogP contribution in [-0.2, 0) is 0 Å². The minimum absolute atomic E-state index is 0.782. The molecule has 1 aromatic heterocycles. The molecule has 6 nitrogen and oxygen atoms in total. The predicted molar refractivity (Wildman–Crippen MR) is 104 cm³/mol. The van der Waals surface area contributed by atoms with Gasteiger partial charge in [0.2, 0.25) is 0 Å². The van der Waals surface area contributed by atoms with Crippen LogP contribution in [0.25, 0.3) is 11.4 Å². The Morgan fingerprint density at radius 2 is 1.76 bits per heavy atom. The number of rotatable bonds is 6. The standard InChI is InChI=1S/C19H28N6/c1-23(2)10-9-20-17-15-18(25-13-11-24(3)12-14-25)22-19(21-17)16-7-5-4-6-8-16/h4-8,15H,9-14H2,1-3H3,(H,20,21,22). The van der Waals surface area contributed by atoms with Crippen molar-refractivity contribution in [3.05, 3.63) is 36.4 Å². The van der Waals surface area contributed by atoms with Gasteiger partial charge in [-0.3, -0.25) is 0 Å². The molecule has 1 aromatic carbocycles. The van der Waals surface area contributed by atoms with Gasteiger partial charge in [-0.2, -0.15) is 0 Å². The van der Waals surface area contributed by atoms with Gasteiger partial charge in [0.25, 0.3) is 0 Å². The van der Waals surface area contributed by atoms with Crippen molar-refractivity contribution in [2.24, 2.45) is 0 Å². The monoisotopic (exact) mass is 340 g/mol. The molecule has 0 bridgehead atoms. The molecule has 1 N–H and O–H groups in total. The van der Waals surface area contributed by atoms with Crippen LogP contribution < -0.4 is 10.2 Å². The number of likely N-dealkylation sites (N-methyl/N-ethyl adjacent to an activating group) is 2. The number of hydrogen-bond acceptors (Lipinski definition) is 6. The predicted octanol–water partition coefficient (Wildman–Crippen LogP) is 1.87. The van der Waals surface area contributed by atoms with Crippen LogP contribution in [0.1, 0.15) is 0 Å². The van der Waals surface area contributed by atoms with E-state index >= 15 is 0 Å². The van der Waals surface area contributed by atoms with Crippen LogP contribution in [0, 0.1) is 0 Å². The van der Waals surface area contributed by atoms with Crippen LogP contribution in [-0.4, -0.2) is 80.2 Å². The summed E-state index contributed by atoms with van der Waals surface area (Å²) in [5.41, 5.74) is 1.05. The first kappa shape index (κ1) is 17.6. The van der Waals surface area contributed by atoms with Gasteiger partial charge in [0.1, 0.15) is 11.6 Å². The van der Waals surface area contributed by atoms with E-state index in [1.54, 1.807) is 0 Å². The molecule has 3 rings (SSSR count). The fourth-order valence-electron chi connectivity index (χ4n) is 2.85. The summed E-state index contributed by atoms with van der Waals surface area (Å²) in [6.45, 7) is 5.95. The average molecular weight is 340 g/mol. The Labute approximate surface area is 150 Å². The highest BCUT2D eigenvalue weighted by Gasteiger charge is 2.17. The van der Waals surface area contributed by atoms with E-state index in [1.807, 2.05) is 18.2 Å². The van der Waals surface area contributed by atoms with Crippen LogP contribution in [0.5, 0.6) is 0 Å². The van der Waals surface area contributed by atoms with E-state index in [0.717, 1.165) is 62.3 Å². The summed E-state index contributed by atoms with van der Waals surface area (Å²) in [6, 6.07) is 12.3. The summed E-state index contributed by atoms with van der Waals surface area (Å²) in [4.78, 5) is 16.4. The molecular weight excluding hydrogens is 312 g/mol. The van der Waals surface area contributed by atoms with E-state index in [-0.39, 0.29) is 0 Å². The zero-order valence-electron chi connectivity index (χ0n) is 15.4. The minimum Gasteiger partial charge on any atom is -0.369 e. The summed E-state index contributed by atoms with van der Waals surface area (Å²) in [6.07, 6.45) is 0. The molecule has 0 atom stereocenters. The van der Waals surface area contributed by atoms with Crippen LogP contribution in [0.2, 0.25) is 0 Å². The lowest BCUT2D eigenvalue weighted by molar-refractivity contribution is 0.312. The topological polar surface area (TPSA) is 47.5 Å². The molecule has 0 saturated carbocycles. The third-order valence-electron chi connectivity index (χ3n) is 4.44. The molecule has 1 aliphatic rings. The number of benzene rings is 1. The lowest BCUT2D eigenvalue weighted by Crippen LogP contribution is -2.44. The van der Waals surface area contributed by atoms with Crippen molar-refractivity contribution in [2.75, 3.05) is 70.6 Å². The van der Waals surface area contributed by atoms with Crippen molar-refractivity contribution >= 4 is 11.6 Å². The quantitative estimate of drug-likeness (QED) is 0.866. The maximum atomic E-state index is 4.84. The van der Waals surface area contributed by atoms with Crippen LogP contribution in [0.15, 0.2) is 36.4 Å². The van der Waals surface area contributed by atoms with Crippen molar-refractivity contribution in [2.45, 2.75) is 0 Å². The number of piperazine rings is 1. The highest BCUT2D eigenvalue weighted by Crippen LogP contribution is 2.23. The molecule has 1 aliphatic heterocycles. The summed E-state index contributed by atoms with van der Waals surface area (Å²) >= 11 is 0. The minimum atomic E-state index is 0.782. The molecule has 1 fully saturated rings. The van der Waals surface area contributed by atoms with Crippen molar-refractivity contribution in [3.8, 4) is 11.4 Å². The summed E-state index contributed by atoms with van der Waals surface area (Å²) < 4.78 is 0. The number of aromatic nitrogens is 2. The fraction of sp³-hybridized carbons (Fsp3) is 0.474. The Morgan fingerprint density at radius 3 is 2.44 bits per heavy atom. The van der Waals surface area contributed by atoms with Crippen LogP contribution >= 0.6 is 0 Å². The highest BCUT2D eigenvalue weighted by molar-refractivity contribution is 5.61. The molecule has 2 aromatic rings. The Bertz CT molecular complexity index is 665. The van der Waals surface area contributed by atoms with E-state index in [0.29, 0.717) is 0 Å². The summed E-state index contributed by atoms with van der Waals surface area (Å²) in [5, 5.41) is 3.44. The lowest BCUT2D eigenvalue weighted by Gasteiger charge is -2.33. The third kappa shape index (κ3) is 4.90. The van der Waals surface area contributed by atoms with E-state index in [4.69, 9.17) is 9.97 Å². The van der Waals surface area contributed by atoms with Gasteiger partial charge < -0.3 is 20.0 Å². The average Bonchev–Trinajstić information content (AvgIpc) is 2.62. The van der Waals surface area contributed by atoms with E-state index in [2.05, 4.69) is 59.4 Å².